The molecule has 1 aromatic heterocycles. The number of hydrogen-bond donors (Lipinski definition) is 1. The van der Waals surface area contributed by atoms with Gasteiger partial charge < -0.3 is 9.72 Å². The molecule has 3 rings (SSSR count). The van der Waals surface area contributed by atoms with E-state index in [1.165, 1.54) is 0 Å². The van der Waals surface area contributed by atoms with E-state index < -0.39 is 9.84 Å². The number of para-hydroxylation sites is 1. The van der Waals surface area contributed by atoms with Crippen molar-refractivity contribution >= 4 is 20.9 Å². The number of benzene rings is 1. The number of nitrogens with zero attached hydrogens (tertiary/aromatic N) is 1. The summed E-state index contributed by atoms with van der Waals surface area (Å²) in [6.07, 6.45) is 0.957. The minimum absolute atomic E-state index is 0.0770. The Morgan fingerprint density at radius 2 is 2.00 bits per heavy atom. The van der Waals surface area contributed by atoms with Gasteiger partial charge in [0.15, 0.2) is 0 Å². The van der Waals surface area contributed by atoms with Crippen LogP contribution in [0.25, 0.3) is 11.0 Å². The summed E-state index contributed by atoms with van der Waals surface area (Å²) in [4.78, 5) is 15.0. The van der Waals surface area contributed by atoms with E-state index in [0.29, 0.717) is 24.1 Å². The van der Waals surface area contributed by atoms with Gasteiger partial charge in [0, 0.05) is 6.04 Å². The Morgan fingerprint density at radius 1 is 1.30 bits per heavy atom. The number of aromatic amines is 1. The first-order chi connectivity index (χ1) is 9.52. The van der Waals surface area contributed by atoms with Gasteiger partial charge in [0.25, 0.3) is 0 Å². The van der Waals surface area contributed by atoms with Gasteiger partial charge in [0.2, 0.25) is 0 Å². The Bertz CT molecular complexity index is 789. The van der Waals surface area contributed by atoms with E-state index in [1.54, 1.807) is 17.7 Å². The van der Waals surface area contributed by atoms with Gasteiger partial charge >= 0.3 is 5.69 Å². The second-order valence-corrected chi connectivity index (χ2v) is 7.34. The Morgan fingerprint density at radius 3 is 2.65 bits per heavy atom. The number of sulfone groups is 1. The maximum atomic E-state index is 12.2. The van der Waals surface area contributed by atoms with Crippen molar-refractivity contribution in [1.29, 1.82) is 0 Å². The summed E-state index contributed by atoms with van der Waals surface area (Å²) in [5.41, 5.74) is 1.21. The summed E-state index contributed by atoms with van der Waals surface area (Å²) >= 11 is 0. The third-order valence-corrected chi connectivity index (χ3v) is 5.54. The van der Waals surface area contributed by atoms with Crippen LogP contribution in [0.5, 0.6) is 5.75 Å². The van der Waals surface area contributed by atoms with Crippen LogP contribution in [-0.4, -0.2) is 36.6 Å². The van der Waals surface area contributed by atoms with Crippen LogP contribution in [0.2, 0.25) is 0 Å². The minimum atomic E-state index is -2.94. The molecule has 2 heterocycles. The summed E-state index contributed by atoms with van der Waals surface area (Å²) in [6, 6.07) is 5.38. The predicted molar refractivity (Wildman–Crippen MR) is 76.0 cm³/mol. The fraction of sp³-hybridized carbons (Fsp3) is 0.462. The van der Waals surface area contributed by atoms with Crippen molar-refractivity contribution in [1.82, 2.24) is 9.55 Å². The van der Waals surface area contributed by atoms with E-state index in [0.717, 1.165) is 5.52 Å². The molecule has 1 fully saturated rings. The Labute approximate surface area is 116 Å². The third kappa shape index (κ3) is 2.11. The van der Waals surface area contributed by atoms with Crippen molar-refractivity contribution in [2.75, 3.05) is 18.6 Å². The maximum absolute atomic E-state index is 12.2. The lowest BCUT2D eigenvalue weighted by Crippen LogP contribution is -2.30. The number of H-pyrrole nitrogens is 1. The molecule has 0 spiro atoms. The highest BCUT2D eigenvalue weighted by molar-refractivity contribution is 7.91. The van der Waals surface area contributed by atoms with E-state index in [9.17, 15) is 13.2 Å². The lowest BCUT2D eigenvalue weighted by molar-refractivity contribution is 0.419. The molecule has 7 heteroatoms. The van der Waals surface area contributed by atoms with Crippen molar-refractivity contribution in [2.24, 2.45) is 0 Å². The zero-order valence-corrected chi connectivity index (χ0v) is 11.9. The van der Waals surface area contributed by atoms with E-state index >= 15 is 0 Å². The zero-order valence-electron chi connectivity index (χ0n) is 11.1. The number of methoxy groups -OCH3 is 1. The fourth-order valence-corrected chi connectivity index (χ4v) is 4.26. The molecule has 1 aliphatic rings. The van der Waals surface area contributed by atoms with Crippen LogP contribution in [0, 0.1) is 0 Å². The van der Waals surface area contributed by atoms with Crippen molar-refractivity contribution < 1.29 is 13.2 Å². The molecule has 2 aromatic rings. The van der Waals surface area contributed by atoms with Gasteiger partial charge in [0.1, 0.15) is 21.1 Å². The second-order valence-electron chi connectivity index (χ2n) is 5.04. The monoisotopic (exact) mass is 296 g/mol. The molecule has 0 radical (unpaired) electrons. The molecule has 0 unspecified atom stereocenters. The number of aromatic nitrogens is 2. The zero-order chi connectivity index (χ0) is 14.3. The number of fused-ring (bicyclic) bond motifs is 1. The molecule has 1 N–H and O–H groups in total. The highest BCUT2D eigenvalue weighted by atomic mass is 32.2. The molecule has 1 saturated heterocycles. The molecule has 6 nitrogen and oxygen atoms in total. The molecular formula is C13H16N2O4S. The topological polar surface area (TPSA) is 81.2 Å². The van der Waals surface area contributed by atoms with Crippen LogP contribution in [0.15, 0.2) is 23.0 Å². The van der Waals surface area contributed by atoms with E-state index in [-0.39, 0.29) is 23.2 Å². The van der Waals surface area contributed by atoms with Crippen LogP contribution < -0.4 is 10.4 Å². The van der Waals surface area contributed by atoms with Crippen molar-refractivity contribution in [3.63, 3.8) is 0 Å². The summed E-state index contributed by atoms with van der Waals surface area (Å²) in [5, 5.41) is 0. The van der Waals surface area contributed by atoms with Gasteiger partial charge in [-0.25, -0.2) is 13.2 Å². The summed E-state index contributed by atoms with van der Waals surface area (Å²) < 4.78 is 29.9. The molecule has 0 bridgehead atoms. The molecule has 1 aromatic carbocycles. The average molecular weight is 296 g/mol. The summed E-state index contributed by atoms with van der Waals surface area (Å²) in [6.45, 7) is 0. The van der Waals surface area contributed by atoms with Crippen molar-refractivity contribution in [3.8, 4) is 5.75 Å². The van der Waals surface area contributed by atoms with Gasteiger partial charge in [-0.05, 0) is 25.0 Å². The first kappa shape index (κ1) is 13.2. The van der Waals surface area contributed by atoms with Crippen molar-refractivity contribution in [2.45, 2.75) is 18.9 Å². The number of imidazole rings is 1. The molecule has 0 saturated carbocycles. The molecular weight excluding hydrogens is 280 g/mol. The molecule has 108 valence electrons. The number of hydrogen-bond acceptors (Lipinski definition) is 4. The fourth-order valence-electron chi connectivity index (χ4n) is 2.79. The summed E-state index contributed by atoms with van der Waals surface area (Å²) in [5.74, 6) is 0.892. The predicted octanol–water partition coefficient (Wildman–Crippen LogP) is 1.09. The molecule has 0 atom stereocenters. The highest BCUT2D eigenvalue weighted by Crippen LogP contribution is 2.29. The Kier molecular flexibility index (Phi) is 3.08. The van der Waals surface area contributed by atoms with Crippen LogP contribution in [0.1, 0.15) is 18.9 Å². The SMILES string of the molecule is COc1cccc2c1[nH]c(=O)n2C1CCS(=O)(=O)CC1. The van der Waals surface area contributed by atoms with Crippen LogP contribution in [0.3, 0.4) is 0 Å². The lowest BCUT2D eigenvalue weighted by Gasteiger charge is -2.23. The molecule has 0 aliphatic carbocycles. The van der Waals surface area contributed by atoms with Gasteiger partial charge in [-0.1, -0.05) is 6.07 Å². The lowest BCUT2D eigenvalue weighted by atomic mass is 10.1. The van der Waals surface area contributed by atoms with Crippen LogP contribution >= 0.6 is 0 Å². The van der Waals surface area contributed by atoms with Crippen molar-refractivity contribution in [3.05, 3.63) is 28.7 Å². The van der Waals surface area contributed by atoms with Crippen LogP contribution in [-0.2, 0) is 9.84 Å². The molecule has 0 amide bonds. The quantitative estimate of drug-likeness (QED) is 0.899. The maximum Gasteiger partial charge on any atom is 0.326 e. The Balaban J connectivity index is 2.09. The van der Waals surface area contributed by atoms with E-state index in [1.807, 2.05) is 12.1 Å². The Hall–Kier alpha value is -1.76. The largest absolute Gasteiger partial charge is 0.494 e. The minimum Gasteiger partial charge on any atom is -0.494 e. The van der Waals surface area contributed by atoms with Crippen LogP contribution in [0.4, 0.5) is 0 Å². The molecule has 1 aliphatic heterocycles. The van der Waals surface area contributed by atoms with E-state index in [2.05, 4.69) is 4.98 Å². The first-order valence-electron chi connectivity index (χ1n) is 6.49. The highest BCUT2D eigenvalue weighted by Gasteiger charge is 2.27. The number of ether oxygens (including phenoxy) is 1. The number of nitrogens with one attached hydrogen (secondary N) is 1. The smallest absolute Gasteiger partial charge is 0.326 e. The standard InChI is InChI=1S/C13H16N2O4S/c1-19-11-4-2-3-10-12(11)14-13(16)15(10)9-5-7-20(17,18)8-6-9/h2-4,9H,5-8H2,1H3,(H,14,16). The van der Waals surface area contributed by atoms with Gasteiger partial charge in [-0.2, -0.15) is 0 Å². The van der Waals surface area contributed by atoms with E-state index in [4.69, 9.17) is 4.74 Å². The van der Waals surface area contributed by atoms with Gasteiger partial charge in [-0.3, -0.25) is 4.57 Å². The van der Waals surface area contributed by atoms with Gasteiger partial charge in [-0.15, -0.1) is 0 Å². The number of rotatable bonds is 2. The average Bonchev–Trinajstić information content (AvgIpc) is 2.75. The first-order valence-corrected chi connectivity index (χ1v) is 8.31. The normalized spacial score (nSPS) is 19.2. The third-order valence-electron chi connectivity index (χ3n) is 3.82. The van der Waals surface area contributed by atoms with Gasteiger partial charge in [0.05, 0.1) is 24.1 Å². The summed E-state index contributed by atoms with van der Waals surface area (Å²) in [7, 11) is -1.38. The molecule has 20 heavy (non-hydrogen) atoms. The second kappa shape index (κ2) is 4.66.